The third kappa shape index (κ3) is 54.4. The minimum Gasteiger partial charge on any atom is -0.461 e. The number of aliphatic hydroxyl groups is 1. The van der Waals surface area contributed by atoms with E-state index in [0.29, 0.717) is 6.42 Å². The van der Waals surface area contributed by atoms with Gasteiger partial charge in [0.25, 0.3) is 0 Å². The highest BCUT2D eigenvalue weighted by Gasteiger charge is 2.15. The molecule has 0 rings (SSSR count). The molecule has 0 aromatic carbocycles. The molecule has 0 aromatic rings. The molecule has 0 saturated carbocycles. The molecule has 0 fully saturated rings. The molecule has 0 radical (unpaired) electrons. The van der Waals surface area contributed by atoms with Gasteiger partial charge in [0, 0.05) is 6.42 Å². The van der Waals surface area contributed by atoms with Crippen LogP contribution in [-0.2, 0) is 19.1 Å². The van der Waals surface area contributed by atoms with Crippen LogP contribution in [0.15, 0.2) is 146 Å². The van der Waals surface area contributed by atoms with Gasteiger partial charge >= 0.3 is 11.9 Å². The Kier molecular flexibility index (Phi) is 53.6. The van der Waals surface area contributed by atoms with Gasteiger partial charge in [-0.05, 0) is 96.3 Å². The number of hydrogen-bond acceptors (Lipinski definition) is 5. The van der Waals surface area contributed by atoms with Gasteiger partial charge in [0.2, 0.25) is 0 Å². The Hall–Kier alpha value is -4.22. The molecule has 5 nitrogen and oxygen atoms in total. The fourth-order valence-electron chi connectivity index (χ4n) is 7.14. The third-order valence-electron chi connectivity index (χ3n) is 11.2. The van der Waals surface area contributed by atoms with Gasteiger partial charge in [0.15, 0.2) is 6.10 Å². The summed E-state index contributed by atoms with van der Waals surface area (Å²) in [6.07, 6.45) is 87.1. The van der Waals surface area contributed by atoms with Crippen LogP contribution in [0.3, 0.4) is 0 Å². The number of esters is 2. The van der Waals surface area contributed by atoms with E-state index in [1.165, 1.54) is 96.3 Å². The summed E-state index contributed by atoms with van der Waals surface area (Å²) in [4.78, 5) is 24.4. The highest BCUT2D eigenvalue weighted by molar-refractivity contribution is 5.71. The maximum atomic E-state index is 12.3. The third-order valence-corrected chi connectivity index (χ3v) is 11.2. The van der Waals surface area contributed by atoms with E-state index >= 15 is 0 Å². The number of ether oxygens (including phenoxy) is 2. The lowest BCUT2D eigenvalue weighted by Crippen LogP contribution is -2.28. The molecule has 382 valence electrons. The molecule has 0 aromatic heterocycles. The molecule has 0 aliphatic rings. The zero-order valence-corrected chi connectivity index (χ0v) is 43.6. The van der Waals surface area contributed by atoms with Gasteiger partial charge < -0.3 is 14.6 Å². The molecule has 0 spiro atoms. The smallest absolute Gasteiger partial charge is 0.309 e. The first kappa shape index (κ1) is 63.8. The molecule has 0 aliphatic carbocycles. The molecule has 5 heteroatoms. The molecule has 0 heterocycles. The van der Waals surface area contributed by atoms with E-state index in [9.17, 15) is 14.7 Å². The van der Waals surface area contributed by atoms with E-state index in [0.717, 1.165) is 96.3 Å². The normalized spacial score (nSPS) is 13.4. The molecule has 68 heavy (non-hydrogen) atoms. The zero-order valence-electron chi connectivity index (χ0n) is 43.6. The summed E-state index contributed by atoms with van der Waals surface area (Å²) in [5, 5.41) is 9.61. The van der Waals surface area contributed by atoms with Crippen LogP contribution in [0.1, 0.15) is 219 Å². The van der Waals surface area contributed by atoms with Crippen molar-refractivity contribution in [3.63, 3.8) is 0 Å². The molecule has 1 unspecified atom stereocenters. The molecule has 1 N–H and O–H groups in total. The fourth-order valence-corrected chi connectivity index (χ4v) is 7.14. The SMILES string of the molecule is CC/C=C\C/C=C\C/C=C\C/C=C\C/C=C\C/C=C\C/C=C\CCCCCCCCCCCCCCCCCCCC(=O)OC(CO)COC(=O)C/C=C\C/C=C\C/C=C\C/C=C\C/C=C\CC. The highest BCUT2D eigenvalue weighted by Crippen LogP contribution is 2.15. The van der Waals surface area contributed by atoms with Crippen molar-refractivity contribution in [2.45, 2.75) is 225 Å². The average molecular weight is 937 g/mol. The Morgan fingerprint density at radius 1 is 0.353 bits per heavy atom. The summed E-state index contributed by atoms with van der Waals surface area (Å²) in [5.74, 6) is -0.744. The van der Waals surface area contributed by atoms with Crippen LogP contribution in [0.4, 0.5) is 0 Å². The number of hydrogen-bond donors (Lipinski definition) is 1. The van der Waals surface area contributed by atoms with Crippen LogP contribution < -0.4 is 0 Å². The standard InChI is InChI=1S/C63H100O5/c1-3-5-7-9-11-13-15-17-19-20-21-22-23-24-25-26-27-28-29-30-31-32-33-34-35-36-37-38-39-40-41-42-44-46-48-50-52-54-56-58-63(66)68-61(59-64)60-67-62(65)57-55-53-51-49-47-45-43-18-16-14-12-10-8-6-4-2/h5-8,11-14,17-19,21-22,24-25,27-28,30-31,43,47,49,53,55,61,64H,3-4,9-10,15-16,20,23,26,29,32-42,44-46,48,50-52,54,56-60H2,1-2H3/b7-5-,8-6-,13-11-,14-12-,19-17-,22-21-,25-24-,28-27-,31-30-,43-18-,49-47-,55-53-. The van der Waals surface area contributed by atoms with E-state index < -0.39 is 12.1 Å². The van der Waals surface area contributed by atoms with Crippen molar-refractivity contribution in [3.05, 3.63) is 146 Å². The second-order valence-corrected chi connectivity index (χ2v) is 17.6. The van der Waals surface area contributed by atoms with E-state index in [4.69, 9.17) is 9.47 Å². The number of carbonyl (C=O) groups is 2. The van der Waals surface area contributed by atoms with Crippen molar-refractivity contribution >= 4 is 11.9 Å². The second kappa shape index (κ2) is 57.1. The van der Waals surface area contributed by atoms with E-state index in [-0.39, 0.29) is 25.6 Å². The van der Waals surface area contributed by atoms with Gasteiger partial charge in [-0.1, -0.05) is 256 Å². The van der Waals surface area contributed by atoms with Crippen LogP contribution >= 0.6 is 0 Å². The summed E-state index contributed by atoms with van der Waals surface area (Å²) in [5.41, 5.74) is 0. The molecule has 0 amide bonds. The van der Waals surface area contributed by atoms with Crippen molar-refractivity contribution in [1.82, 2.24) is 0 Å². The highest BCUT2D eigenvalue weighted by atomic mass is 16.6. The van der Waals surface area contributed by atoms with Crippen LogP contribution in [0.5, 0.6) is 0 Å². The average Bonchev–Trinajstić information content (AvgIpc) is 3.34. The Bertz CT molecular complexity index is 1480. The number of rotatable bonds is 48. The molecular weight excluding hydrogens is 837 g/mol. The largest absolute Gasteiger partial charge is 0.461 e. The molecule has 1 atom stereocenters. The summed E-state index contributed by atoms with van der Waals surface area (Å²) >= 11 is 0. The molecule has 0 saturated heterocycles. The van der Waals surface area contributed by atoms with Crippen molar-refractivity contribution < 1.29 is 24.2 Å². The lowest BCUT2D eigenvalue weighted by atomic mass is 10.0. The minimum absolute atomic E-state index is 0.126. The van der Waals surface area contributed by atoms with Crippen LogP contribution in [0, 0.1) is 0 Å². The monoisotopic (exact) mass is 937 g/mol. The molecule has 0 bridgehead atoms. The first-order valence-corrected chi connectivity index (χ1v) is 27.4. The van der Waals surface area contributed by atoms with Gasteiger partial charge in [-0.2, -0.15) is 0 Å². The van der Waals surface area contributed by atoms with Gasteiger partial charge in [0.05, 0.1) is 13.0 Å². The molecule has 0 aliphatic heterocycles. The zero-order chi connectivity index (χ0) is 49.2. The van der Waals surface area contributed by atoms with E-state index in [1.54, 1.807) is 6.08 Å². The summed E-state index contributed by atoms with van der Waals surface area (Å²) in [6, 6.07) is 0. The second-order valence-electron chi connectivity index (χ2n) is 17.6. The predicted molar refractivity (Wildman–Crippen MR) is 297 cm³/mol. The number of allylic oxidation sites excluding steroid dienone is 23. The topological polar surface area (TPSA) is 72.8 Å². The number of carbonyl (C=O) groups excluding carboxylic acids is 2. The maximum absolute atomic E-state index is 12.3. The Morgan fingerprint density at radius 3 is 0.956 bits per heavy atom. The summed E-state index contributed by atoms with van der Waals surface area (Å²) in [6.45, 7) is 3.81. The maximum Gasteiger partial charge on any atom is 0.309 e. The van der Waals surface area contributed by atoms with Crippen molar-refractivity contribution in [2.24, 2.45) is 0 Å². The Labute approximate surface area is 418 Å². The minimum atomic E-state index is -0.820. The van der Waals surface area contributed by atoms with Crippen LogP contribution in [0.2, 0.25) is 0 Å². The van der Waals surface area contributed by atoms with Crippen molar-refractivity contribution in [3.8, 4) is 0 Å². The summed E-state index contributed by atoms with van der Waals surface area (Å²) in [7, 11) is 0. The number of unbranched alkanes of at least 4 members (excludes halogenated alkanes) is 17. The van der Waals surface area contributed by atoms with E-state index in [2.05, 4.69) is 148 Å². The Morgan fingerprint density at radius 2 is 0.632 bits per heavy atom. The van der Waals surface area contributed by atoms with Gasteiger partial charge in [-0.15, -0.1) is 0 Å². The first-order valence-electron chi connectivity index (χ1n) is 27.4. The van der Waals surface area contributed by atoms with Gasteiger partial charge in [0.1, 0.15) is 6.61 Å². The number of aliphatic hydroxyl groups excluding tert-OH is 1. The van der Waals surface area contributed by atoms with Gasteiger partial charge in [-0.25, -0.2) is 0 Å². The van der Waals surface area contributed by atoms with Gasteiger partial charge in [-0.3, -0.25) is 9.59 Å². The predicted octanol–water partition coefficient (Wildman–Crippen LogP) is 18.6. The lowest BCUT2D eigenvalue weighted by molar-refractivity contribution is -0.161. The Balaban J connectivity index is 3.55. The van der Waals surface area contributed by atoms with Crippen LogP contribution in [-0.4, -0.2) is 36.4 Å². The summed E-state index contributed by atoms with van der Waals surface area (Å²) < 4.78 is 10.6. The quantitative estimate of drug-likeness (QED) is 0.0374. The molecular formula is C63H100O5. The van der Waals surface area contributed by atoms with Crippen molar-refractivity contribution in [2.75, 3.05) is 13.2 Å². The fraction of sp³-hybridized carbons (Fsp3) is 0.587. The lowest BCUT2D eigenvalue weighted by Gasteiger charge is -2.15. The van der Waals surface area contributed by atoms with E-state index in [1.807, 2.05) is 6.08 Å². The first-order chi connectivity index (χ1) is 33.6. The van der Waals surface area contributed by atoms with Crippen molar-refractivity contribution in [1.29, 1.82) is 0 Å². The van der Waals surface area contributed by atoms with Crippen LogP contribution in [0.25, 0.3) is 0 Å².